The summed E-state index contributed by atoms with van der Waals surface area (Å²) in [7, 11) is 1.60. The molecule has 5 heteroatoms. The van der Waals surface area contributed by atoms with Crippen LogP contribution in [-0.2, 0) is 0 Å². The number of furan rings is 1. The van der Waals surface area contributed by atoms with Crippen LogP contribution in [0.25, 0.3) is 33.1 Å². The molecule has 0 spiro atoms. The number of aryl methyl sites for hydroxylation is 2. The van der Waals surface area contributed by atoms with Gasteiger partial charge in [0.2, 0.25) is 0 Å². The zero-order chi connectivity index (χ0) is 17.7. The highest BCUT2D eigenvalue weighted by Gasteiger charge is 2.20. The number of nitrogens with zero attached hydrogens (tertiary/aromatic N) is 1. The van der Waals surface area contributed by atoms with E-state index in [-0.39, 0.29) is 5.63 Å². The van der Waals surface area contributed by atoms with E-state index in [9.17, 15) is 4.79 Å². The van der Waals surface area contributed by atoms with E-state index >= 15 is 0 Å². The molecule has 0 N–H and O–H groups in total. The van der Waals surface area contributed by atoms with Crippen LogP contribution in [-0.4, -0.2) is 12.1 Å². The fourth-order valence-electron chi connectivity index (χ4n) is 3.32. The SMILES string of the molecule is COc1ccncc1-c1c(C)c(=O)oc2c(C)c3occ(C)c3cc12. The first-order valence-electron chi connectivity index (χ1n) is 7.96. The summed E-state index contributed by atoms with van der Waals surface area (Å²) in [6.07, 6.45) is 5.09. The smallest absolute Gasteiger partial charge is 0.339 e. The number of hydrogen-bond donors (Lipinski definition) is 0. The number of benzene rings is 1. The summed E-state index contributed by atoms with van der Waals surface area (Å²) in [5.41, 5.74) is 4.80. The summed E-state index contributed by atoms with van der Waals surface area (Å²) in [6.45, 7) is 5.65. The van der Waals surface area contributed by atoms with Crippen molar-refractivity contribution in [3.8, 4) is 16.9 Å². The molecule has 0 fully saturated rings. The molecule has 0 atom stereocenters. The van der Waals surface area contributed by atoms with Gasteiger partial charge >= 0.3 is 5.63 Å². The average Bonchev–Trinajstić information content (AvgIpc) is 2.99. The fourth-order valence-corrected chi connectivity index (χ4v) is 3.32. The van der Waals surface area contributed by atoms with Gasteiger partial charge in [-0.05, 0) is 38.5 Å². The summed E-state index contributed by atoms with van der Waals surface area (Å²) in [5.74, 6) is 0.659. The number of pyridine rings is 1. The van der Waals surface area contributed by atoms with Crippen LogP contribution in [0.3, 0.4) is 0 Å². The third-order valence-electron chi connectivity index (χ3n) is 4.65. The Balaban J connectivity index is 2.25. The first-order valence-corrected chi connectivity index (χ1v) is 7.96. The number of ether oxygens (including phenoxy) is 1. The Morgan fingerprint density at radius 3 is 2.64 bits per heavy atom. The van der Waals surface area contributed by atoms with Crippen molar-refractivity contribution in [3.63, 3.8) is 0 Å². The van der Waals surface area contributed by atoms with Crippen molar-refractivity contribution < 1.29 is 13.6 Å². The van der Waals surface area contributed by atoms with E-state index in [1.807, 2.05) is 19.9 Å². The molecule has 3 aromatic heterocycles. The van der Waals surface area contributed by atoms with Gasteiger partial charge in [-0.15, -0.1) is 0 Å². The normalized spacial score (nSPS) is 11.4. The molecule has 4 rings (SSSR count). The summed E-state index contributed by atoms with van der Waals surface area (Å²) >= 11 is 0. The number of fused-ring (bicyclic) bond motifs is 2. The van der Waals surface area contributed by atoms with Crippen molar-refractivity contribution in [3.05, 3.63) is 57.9 Å². The Bertz CT molecular complexity index is 1180. The Morgan fingerprint density at radius 1 is 1.08 bits per heavy atom. The number of hydrogen-bond acceptors (Lipinski definition) is 5. The molecule has 0 aliphatic carbocycles. The first kappa shape index (κ1) is 15.4. The van der Waals surface area contributed by atoms with Crippen molar-refractivity contribution in [2.24, 2.45) is 0 Å². The molecule has 126 valence electrons. The zero-order valence-corrected chi connectivity index (χ0v) is 14.5. The first-order chi connectivity index (χ1) is 12.0. The van der Waals surface area contributed by atoms with Crippen molar-refractivity contribution in [1.29, 1.82) is 0 Å². The molecule has 0 radical (unpaired) electrons. The predicted molar refractivity (Wildman–Crippen MR) is 96.3 cm³/mol. The van der Waals surface area contributed by atoms with Crippen molar-refractivity contribution in [1.82, 2.24) is 4.98 Å². The number of methoxy groups -OCH3 is 1. The minimum atomic E-state index is -0.376. The molecule has 0 unspecified atom stereocenters. The van der Waals surface area contributed by atoms with Crippen LogP contribution in [0.2, 0.25) is 0 Å². The quantitative estimate of drug-likeness (QED) is 0.503. The molecule has 0 saturated carbocycles. The Labute approximate surface area is 143 Å². The lowest BCUT2D eigenvalue weighted by molar-refractivity contribution is 0.416. The maximum absolute atomic E-state index is 12.5. The third-order valence-corrected chi connectivity index (χ3v) is 4.65. The van der Waals surface area contributed by atoms with Gasteiger partial charge in [-0.25, -0.2) is 4.79 Å². The van der Waals surface area contributed by atoms with Gasteiger partial charge in [0.15, 0.2) is 0 Å². The summed E-state index contributed by atoms with van der Waals surface area (Å²) in [6, 6.07) is 3.79. The molecule has 0 aliphatic heterocycles. The molecule has 25 heavy (non-hydrogen) atoms. The van der Waals surface area contributed by atoms with Crippen molar-refractivity contribution in [2.75, 3.05) is 7.11 Å². The van der Waals surface area contributed by atoms with Gasteiger partial charge in [-0.2, -0.15) is 0 Å². The van der Waals surface area contributed by atoms with E-state index in [2.05, 4.69) is 4.98 Å². The highest BCUT2D eigenvalue weighted by molar-refractivity contribution is 6.05. The van der Waals surface area contributed by atoms with Crippen molar-refractivity contribution >= 4 is 21.9 Å². The van der Waals surface area contributed by atoms with Crippen LogP contribution in [0, 0.1) is 20.8 Å². The topological polar surface area (TPSA) is 65.5 Å². The molecular formula is C20H17NO4. The lowest BCUT2D eigenvalue weighted by Gasteiger charge is -2.13. The van der Waals surface area contributed by atoms with Gasteiger partial charge < -0.3 is 13.6 Å². The number of rotatable bonds is 2. The Kier molecular flexibility index (Phi) is 3.39. The monoisotopic (exact) mass is 335 g/mol. The number of aromatic nitrogens is 1. The van der Waals surface area contributed by atoms with Crippen LogP contribution >= 0.6 is 0 Å². The second-order valence-corrected chi connectivity index (χ2v) is 6.14. The van der Waals surface area contributed by atoms with Crippen LogP contribution in [0.15, 0.2) is 44.4 Å². The summed E-state index contributed by atoms with van der Waals surface area (Å²) in [4.78, 5) is 16.7. The fraction of sp³-hybridized carbons (Fsp3) is 0.200. The maximum atomic E-state index is 12.5. The molecule has 3 heterocycles. The summed E-state index contributed by atoms with van der Waals surface area (Å²) in [5, 5.41) is 1.85. The van der Waals surface area contributed by atoms with Gasteiger partial charge in [-0.1, -0.05) is 0 Å². The maximum Gasteiger partial charge on any atom is 0.339 e. The minimum Gasteiger partial charge on any atom is -0.496 e. The van der Waals surface area contributed by atoms with Crippen LogP contribution in [0.5, 0.6) is 5.75 Å². The lowest BCUT2D eigenvalue weighted by Crippen LogP contribution is -2.07. The van der Waals surface area contributed by atoms with E-state index in [0.29, 0.717) is 16.9 Å². The van der Waals surface area contributed by atoms with E-state index in [1.165, 1.54) is 0 Å². The molecule has 1 aromatic carbocycles. The van der Waals surface area contributed by atoms with Crippen LogP contribution in [0.1, 0.15) is 16.7 Å². The predicted octanol–water partition coefficient (Wildman–Crippen LogP) is 4.54. The van der Waals surface area contributed by atoms with Gasteiger partial charge in [-0.3, -0.25) is 4.98 Å². The van der Waals surface area contributed by atoms with Gasteiger partial charge in [0.25, 0.3) is 0 Å². The molecule has 0 bridgehead atoms. The average molecular weight is 335 g/mol. The minimum absolute atomic E-state index is 0.376. The Hall–Kier alpha value is -3.08. The molecule has 5 nitrogen and oxygen atoms in total. The van der Waals surface area contributed by atoms with E-state index < -0.39 is 0 Å². The largest absolute Gasteiger partial charge is 0.496 e. The van der Waals surface area contributed by atoms with Crippen LogP contribution < -0.4 is 10.4 Å². The van der Waals surface area contributed by atoms with E-state index in [4.69, 9.17) is 13.6 Å². The van der Waals surface area contributed by atoms with E-state index in [0.717, 1.165) is 38.6 Å². The standard InChI is InChI=1S/C20H17NO4/c1-10-9-24-18-12(3)19-14(7-13(10)18)17(11(2)20(22)25-19)15-8-21-6-5-16(15)23-4/h5-9H,1-4H3. The lowest BCUT2D eigenvalue weighted by atomic mass is 9.95. The molecular weight excluding hydrogens is 318 g/mol. The van der Waals surface area contributed by atoms with Crippen LogP contribution in [0.4, 0.5) is 0 Å². The molecule has 0 aliphatic rings. The van der Waals surface area contributed by atoms with Crippen molar-refractivity contribution in [2.45, 2.75) is 20.8 Å². The van der Waals surface area contributed by atoms with Gasteiger partial charge in [0, 0.05) is 45.4 Å². The van der Waals surface area contributed by atoms with Gasteiger partial charge in [0.1, 0.15) is 16.9 Å². The highest BCUT2D eigenvalue weighted by Crippen LogP contribution is 2.39. The second-order valence-electron chi connectivity index (χ2n) is 6.14. The second kappa shape index (κ2) is 5.48. The molecule has 0 amide bonds. The molecule has 0 saturated heterocycles. The Morgan fingerprint density at radius 2 is 1.88 bits per heavy atom. The van der Waals surface area contributed by atoms with E-state index in [1.54, 1.807) is 38.8 Å². The molecule has 4 aromatic rings. The third kappa shape index (κ3) is 2.16. The van der Waals surface area contributed by atoms with Gasteiger partial charge in [0.05, 0.1) is 13.4 Å². The highest BCUT2D eigenvalue weighted by atomic mass is 16.5. The summed E-state index contributed by atoms with van der Waals surface area (Å²) < 4.78 is 16.7. The zero-order valence-electron chi connectivity index (χ0n) is 14.5.